The molecule has 4 heteroatoms. The summed E-state index contributed by atoms with van der Waals surface area (Å²) in [6.45, 7) is 4.79. The van der Waals surface area contributed by atoms with E-state index in [9.17, 15) is 0 Å². The lowest BCUT2D eigenvalue weighted by atomic mass is 10.1. The molecule has 96 valence electrons. The number of aromatic nitrogens is 1. The SMILES string of the molecule is Cc1ccc2c(c1)-c1c(ccn1CC(C)N=[N+]=[N-])C2. The van der Waals surface area contributed by atoms with Gasteiger partial charge in [0, 0.05) is 29.6 Å². The van der Waals surface area contributed by atoms with Crippen LogP contribution in [0.4, 0.5) is 0 Å². The van der Waals surface area contributed by atoms with Crippen molar-refractivity contribution in [1.82, 2.24) is 4.57 Å². The van der Waals surface area contributed by atoms with E-state index < -0.39 is 0 Å². The lowest BCUT2D eigenvalue weighted by Crippen LogP contribution is -2.09. The quantitative estimate of drug-likeness (QED) is 0.383. The van der Waals surface area contributed by atoms with Gasteiger partial charge in [0.15, 0.2) is 0 Å². The fourth-order valence-corrected chi connectivity index (χ4v) is 2.82. The second-order valence-corrected chi connectivity index (χ2v) is 5.23. The summed E-state index contributed by atoms with van der Waals surface area (Å²) in [5.41, 5.74) is 15.2. The molecule has 1 atom stereocenters. The second kappa shape index (κ2) is 4.48. The Balaban J connectivity index is 2.02. The fourth-order valence-electron chi connectivity index (χ4n) is 2.82. The molecule has 2 aromatic rings. The van der Waals surface area contributed by atoms with Gasteiger partial charge in [-0.25, -0.2) is 0 Å². The summed E-state index contributed by atoms with van der Waals surface area (Å²) in [5.74, 6) is 0. The van der Waals surface area contributed by atoms with Gasteiger partial charge in [0.2, 0.25) is 0 Å². The van der Waals surface area contributed by atoms with Crippen LogP contribution in [-0.2, 0) is 13.0 Å². The number of hydrogen-bond acceptors (Lipinski definition) is 1. The third-order valence-corrected chi connectivity index (χ3v) is 3.66. The monoisotopic (exact) mass is 252 g/mol. The molecule has 0 saturated heterocycles. The Morgan fingerprint density at radius 3 is 3.00 bits per heavy atom. The van der Waals surface area contributed by atoms with E-state index in [4.69, 9.17) is 5.53 Å². The first-order valence-corrected chi connectivity index (χ1v) is 6.51. The molecule has 19 heavy (non-hydrogen) atoms. The highest BCUT2D eigenvalue weighted by Gasteiger charge is 2.22. The predicted octanol–water partition coefficient (Wildman–Crippen LogP) is 4.07. The van der Waals surface area contributed by atoms with Crippen LogP contribution < -0.4 is 0 Å². The van der Waals surface area contributed by atoms with E-state index in [1.165, 1.54) is 27.9 Å². The third-order valence-electron chi connectivity index (χ3n) is 3.66. The first-order valence-electron chi connectivity index (χ1n) is 6.51. The highest BCUT2D eigenvalue weighted by atomic mass is 15.2. The molecule has 1 aliphatic carbocycles. The van der Waals surface area contributed by atoms with Crippen LogP contribution in [0.3, 0.4) is 0 Å². The van der Waals surface area contributed by atoms with Crippen LogP contribution in [0.5, 0.6) is 0 Å². The van der Waals surface area contributed by atoms with E-state index in [-0.39, 0.29) is 6.04 Å². The smallest absolute Gasteiger partial charge is 0.0525 e. The zero-order chi connectivity index (χ0) is 13.4. The van der Waals surface area contributed by atoms with E-state index in [1.54, 1.807) is 0 Å². The maximum atomic E-state index is 8.50. The van der Waals surface area contributed by atoms with Crippen LogP contribution in [0.25, 0.3) is 21.7 Å². The topological polar surface area (TPSA) is 53.7 Å². The van der Waals surface area contributed by atoms with Gasteiger partial charge in [-0.1, -0.05) is 29.7 Å². The van der Waals surface area contributed by atoms with E-state index in [2.05, 4.69) is 52.0 Å². The van der Waals surface area contributed by atoms with Crippen LogP contribution in [0.1, 0.15) is 23.6 Å². The average Bonchev–Trinajstić information content (AvgIpc) is 2.90. The summed E-state index contributed by atoms with van der Waals surface area (Å²) in [4.78, 5) is 2.88. The van der Waals surface area contributed by atoms with Crippen LogP contribution >= 0.6 is 0 Å². The number of benzene rings is 1. The highest BCUT2D eigenvalue weighted by molar-refractivity contribution is 5.75. The molecule has 1 aromatic carbocycles. The average molecular weight is 252 g/mol. The Labute approximate surface area is 112 Å². The molecule has 0 bridgehead atoms. The largest absolute Gasteiger partial charge is 0.347 e. The molecule has 0 amide bonds. The molecule has 4 nitrogen and oxygen atoms in total. The maximum Gasteiger partial charge on any atom is 0.0525 e. The van der Waals surface area contributed by atoms with Crippen LogP contribution in [0.2, 0.25) is 0 Å². The Morgan fingerprint density at radius 1 is 1.37 bits per heavy atom. The number of hydrogen-bond donors (Lipinski definition) is 0. The van der Waals surface area contributed by atoms with Crippen molar-refractivity contribution in [3.05, 3.63) is 57.6 Å². The van der Waals surface area contributed by atoms with Crippen molar-refractivity contribution < 1.29 is 0 Å². The van der Waals surface area contributed by atoms with E-state index >= 15 is 0 Å². The molecule has 1 aliphatic rings. The zero-order valence-corrected chi connectivity index (χ0v) is 11.2. The summed E-state index contributed by atoms with van der Waals surface area (Å²) in [5, 5.41) is 3.76. The van der Waals surface area contributed by atoms with Crippen LogP contribution in [-0.4, -0.2) is 10.6 Å². The second-order valence-electron chi connectivity index (χ2n) is 5.23. The lowest BCUT2D eigenvalue weighted by Gasteiger charge is -2.11. The molecule has 0 fully saturated rings. The summed E-state index contributed by atoms with van der Waals surface area (Å²) in [7, 11) is 0. The first kappa shape index (κ1) is 11.9. The first-order chi connectivity index (χ1) is 9.19. The Kier molecular flexibility index (Phi) is 2.80. The van der Waals surface area contributed by atoms with Crippen molar-refractivity contribution >= 4 is 0 Å². The Morgan fingerprint density at radius 2 is 2.21 bits per heavy atom. The van der Waals surface area contributed by atoms with Gasteiger partial charge in [0.1, 0.15) is 0 Å². The van der Waals surface area contributed by atoms with Crippen molar-refractivity contribution in [2.75, 3.05) is 0 Å². The van der Waals surface area contributed by atoms with Gasteiger partial charge in [-0.2, -0.15) is 0 Å². The summed E-state index contributed by atoms with van der Waals surface area (Å²) >= 11 is 0. The van der Waals surface area contributed by atoms with Gasteiger partial charge in [-0.3, -0.25) is 0 Å². The molecule has 3 rings (SSSR count). The predicted molar refractivity (Wildman–Crippen MR) is 76.0 cm³/mol. The van der Waals surface area contributed by atoms with Crippen molar-refractivity contribution in [1.29, 1.82) is 0 Å². The molecule has 0 saturated carbocycles. The minimum atomic E-state index is -0.0321. The fraction of sp³-hybridized carbons (Fsp3) is 0.333. The van der Waals surface area contributed by atoms with Crippen molar-refractivity contribution in [3.63, 3.8) is 0 Å². The third kappa shape index (κ3) is 2.00. The number of nitrogens with zero attached hydrogens (tertiary/aromatic N) is 4. The number of azide groups is 1. The molecule has 1 aromatic heterocycles. The number of aryl methyl sites for hydroxylation is 1. The standard InChI is InChI=1S/C15H16N4/c1-10-3-4-12-8-13-5-6-19(9-11(2)17-18-16)15(13)14(12)7-10/h3-7,11H,8-9H2,1-2H3. The number of fused-ring (bicyclic) bond motifs is 3. The van der Waals surface area contributed by atoms with Gasteiger partial charge in [0.05, 0.1) is 11.7 Å². The molecular weight excluding hydrogens is 236 g/mol. The van der Waals surface area contributed by atoms with Gasteiger partial charge in [-0.15, -0.1) is 0 Å². The normalized spacial score (nSPS) is 13.6. The highest BCUT2D eigenvalue weighted by Crippen LogP contribution is 2.37. The van der Waals surface area contributed by atoms with Gasteiger partial charge in [-0.05, 0) is 35.7 Å². The van der Waals surface area contributed by atoms with E-state index in [1.807, 2.05) is 6.92 Å². The molecule has 0 radical (unpaired) electrons. The maximum absolute atomic E-state index is 8.50. The Hall–Kier alpha value is -2.19. The minimum absolute atomic E-state index is 0.0321. The minimum Gasteiger partial charge on any atom is -0.347 e. The molecule has 0 aliphatic heterocycles. The van der Waals surface area contributed by atoms with E-state index in [0.29, 0.717) is 0 Å². The zero-order valence-electron chi connectivity index (χ0n) is 11.2. The summed E-state index contributed by atoms with van der Waals surface area (Å²) in [6, 6.07) is 8.77. The molecule has 0 N–H and O–H groups in total. The van der Waals surface area contributed by atoms with E-state index in [0.717, 1.165) is 13.0 Å². The van der Waals surface area contributed by atoms with Gasteiger partial charge in [0.25, 0.3) is 0 Å². The molecule has 1 unspecified atom stereocenters. The molecule has 1 heterocycles. The lowest BCUT2D eigenvalue weighted by molar-refractivity contribution is 0.594. The molecule has 0 spiro atoms. The number of rotatable bonds is 3. The van der Waals surface area contributed by atoms with Gasteiger partial charge < -0.3 is 4.57 Å². The van der Waals surface area contributed by atoms with Crippen molar-refractivity contribution in [2.45, 2.75) is 32.9 Å². The van der Waals surface area contributed by atoms with Crippen molar-refractivity contribution in [3.8, 4) is 11.3 Å². The Bertz CT molecular complexity index is 677. The van der Waals surface area contributed by atoms with Gasteiger partial charge >= 0.3 is 0 Å². The van der Waals surface area contributed by atoms with Crippen LogP contribution in [0, 0.1) is 6.92 Å². The van der Waals surface area contributed by atoms with Crippen LogP contribution in [0.15, 0.2) is 35.6 Å². The van der Waals surface area contributed by atoms with Crippen molar-refractivity contribution in [2.24, 2.45) is 5.11 Å². The summed E-state index contributed by atoms with van der Waals surface area (Å²) in [6.07, 6.45) is 3.10. The molecular formula is C15H16N4. The summed E-state index contributed by atoms with van der Waals surface area (Å²) < 4.78 is 2.21.